The highest BCUT2D eigenvalue weighted by molar-refractivity contribution is 6.42. The molecule has 0 spiro atoms. The summed E-state index contributed by atoms with van der Waals surface area (Å²) in [4.78, 5) is 0. The Morgan fingerprint density at radius 2 is 1.65 bits per heavy atom. The molecule has 0 saturated heterocycles. The van der Waals surface area contributed by atoms with E-state index >= 15 is 0 Å². The molecule has 1 nitrogen and oxygen atoms in total. The third kappa shape index (κ3) is 2.75. The standard InChI is InChI=1S/C13H9Cl3O/c14-10-2-3-11(9(5-10)7-17)8-1-4-12(15)13(16)6-8/h1-6,17H,7H2. The highest BCUT2D eigenvalue weighted by Crippen LogP contribution is 2.31. The van der Waals surface area contributed by atoms with Crippen LogP contribution < -0.4 is 0 Å². The van der Waals surface area contributed by atoms with Crippen molar-refractivity contribution in [3.05, 3.63) is 57.0 Å². The Morgan fingerprint density at radius 1 is 0.882 bits per heavy atom. The van der Waals surface area contributed by atoms with Gasteiger partial charge in [-0.2, -0.15) is 0 Å². The molecule has 17 heavy (non-hydrogen) atoms. The SMILES string of the molecule is OCc1cc(Cl)ccc1-c1ccc(Cl)c(Cl)c1. The predicted molar refractivity (Wildman–Crippen MR) is 72.8 cm³/mol. The van der Waals surface area contributed by atoms with E-state index in [4.69, 9.17) is 34.8 Å². The molecule has 0 aliphatic carbocycles. The lowest BCUT2D eigenvalue weighted by atomic mass is 10.0. The van der Waals surface area contributed by atoms with Crippen molar-refractivity contribution in [3.8, 4) is 11.1 Å². The van der Waals surface area contributed by atoms with Crippen LogP contribution in [0.3, 0.4) is 0 Å². The molecule has 2 rings (SSSR count). The van der Waals surface area contributed by atoms with E-state index in [9.17, 15) is 5.11 Å². The van der Waals surface area contributed by atoms with Gasteiger partial charge in [-0.3, -0.25) is 0 Å². The van der Waals surface area contributed by atoms with Crippen molar-refractivity contribution in [2.75, 3.05) is 0 Å². The molecule has 0 atom stereocenters. The van der Waals surface area contributed by atoms with Gasteiger partial charge in [0.15, 0.2) is 0 Å². The molecule has 88 valence electrons. The minimum atomic E-state index is -0.0733. The third-order valence-corrected chi connectivity index (χ3v) is 3.44. The summed E-state index contributed by atoms with van der Waals surface area (Å²) in [6.07, 6.45) is 0. The molecule has 0 bridgehead atoms. The van der Waals surface area contributed by atoms with E-state index < -0.39 is 0 Å². The molecule has 0 amide bonds. The van der Waals surface area contributed by atoms with Gasteiger partial charge in [-0.25, -0.2) is 0 Å². The second-order valence-corrected chi connectivity index (χ2v) is 4.84. The molecule has 0 saturated carbocycles. The van der Waals surface area contributed by atoms with Gasteiger partial charge in [0.2, 0.25) is 0 Å². The van der Waals surface area contributed by atoms with Gasteiger partial charge in [0, 0.05) is 5.02 Å². The lowest BCUT2D eigenvalue weighted by Crippen LogP contribution is -1.89. The van der Waals surface area contributed by atoms with Crippen molar-refractivity contribution in [3.63, 3.8) is 0 Å². The molecule has 1 N–H and O–H groups in total. The van der Waals surface area contributed by atoms with Crippen molar-refractivity contribution < 1.29 is 5.11 Å². The fraction of sp³-hybridized carbons (Fsp3) is 0.0769. The number of hydrogen-bond acceptors (Lipinski definition) is 1. The van der Waals surface area contributed by atoms with E-state index in [-0.39, 0.29) is 6.61 Å². The number of benzene rings is 2. The quantitative estimate of drug-likeness (QED) is 0.840. The molecule has 2 aromatic rings. The molecule has 0 aliphatic rings. The van der Waals surface area contributed by atoms with E-state index in [2.05, 4.69) is 0 Å². The van der Waals surface area contributed by atoms with Crippen LogP contribution in [0.4, 0.5) is 0 Å². The van der Waals surface area contributed by atoms with Gasteiger partial charge in [-0.15, -0.1) is 0 Å². The Balaban J connectivity index is 2.55. The Bertz CT molecular complexity index is 552. The van der Waals surface area contributed by atoms with Gasteiger partial charge < -0.3 is 5.11 Å². The second-order valence-electron chi connectivity index (χ2n) is 3.59. The van der Waals surface area contributed by atoms with E-state index in [1.54, 1.807) is 24.3 Å². The summed E-state index contributed by atoms with van der Waals surface area (Å²) in [7, 11) is 0. The van der Waals surface area contributed by atoms with E-state index in [1.807, 2.05) is 12.1 Å². The number of rotatable bonds is 2. The summed E-state index contributed by atoms with van der Waals surface area (Å²) in [6, 6.07) is 10.7. The summed E-state index contributed by atoms with van der Waals surface area (Å²) < 4.78 is 0. The molecule has 0 radical (unpaired) electrons. The largest absolute Gasteiger partial charge is 0.392 e. The Morgan fingerprint density at radius 3 is 2.29 bits per heavy atom. The summed E-state index contributed by atoms with van der Waals surface area (Å²) in [5.74, 6) is 0. The maximum Gasteiger partial charge on any atom is 0.0688 e. The molecule has 0 fully saturated rings. The maximum absolute atomic E-state index is 9.31. The molecule has 0 unspecified atom stereocenters. The first-order valence-electron chi connectivity index (χ1n) is 4.96. The van der Waals surface area contributed by atoms with E-state index in [0.717, 1.165) is 16.7 Å². The zero-order chi connectivity index (χ0) is 12.4. The number of aliphatic hydroxyl groups excluding tert-OH is 1. The number of aliphatic hydroxyl groups is 1. The molecular weight excluding hydrogens is 279 g/mol. The van der Waals surface area contributed by atoms with Crippen LogP contribution in [0.5, 0.6) is 0 Å². The normalized spacial score (nSPS) is 10.6. The van der Waals surface area contributed by atoms with Crippen molar-refractivity contribution in [1.29, 1.82) is 0 Å². The lowest BCUT2D eigenvalue weighted by molar-refractivity contribution is 0.282. The lowest BCUT2D eigenvalue weighted by Gasteiger charge is -2.09. The van der Waals surface area contributed by atoms with Crippen LogP contribution in [-0.2, 0) is 6.61 Å². The average molecular weight is 288 g/mol. The van der Waals surface area contributed by atoms with Crippen LogP contribution in [0.1, 0.15) is 5.56 Å². The molecule has 0 aliphatic heterocycles. The molecule has 0 aromatic heterocycles. The molecule has 2 aromatic carbocycles. The fourth-order valence-electron chi connectivity index (χ4n) is 1.64. The van der Waals surface area contributed by atoms with Crippen LogP contribution in [0.15, 0.2) is 36.4 Å². The van der Waals surface area contributed by atoms with E-state index in [0.29, 0.717) is 15.1 Å². The van der Waals surface area contributed by atoms with Gasteiger partial charge in [0.1, 0.15) is 0 Å². The van der Waals surface area contributed by atoms with Gasteiger partial charge in [-0.1, -0.05) is 46.9 Å². The van der Waals surface area contributed by atoms with Crippen LogP contribution in [0.2, 0.25) is 15.1 Å². The van der Waals surface area contributed by atoms with Gasteiger partial charge >= 0.3 is 0 Å². The van der Waals surface area contributed by atoms with Gasteiger partial charge in [0.05, 0.1) is 16.7 Å². The van der Waals surface area contributed by atoms with Crippen LogP contribution >= 0.6 is 34.8 Å². The maximum atomic E-state index is 9.31. The first-order valence-corrected chi connectivity index (χ1v) is 6.10. The average Bonchev–Trinajstić information content (AvgIpc) is 2.32. The monoisotopic (exact) mass is 286 g/mol. The number of halogens is 3. The van der Waals surface area contributed by atoms with Gasteiger partial charge in [0.25, 0.3) is 0 Å². The van der Waals surface area contributed by atoms with Crippen LogP contribution in [-0.4, -0.2) is 5.11 Å². The summed E-state index contributed by atoms with van der Waals surface area (Å²) in [6.45, 7) is -0.0733. The van der Waals surface area contributed by atoms with Crippen molar-refractivity contribution in [1.82, 2.24) is 0 Å². The second kappa shape index (κ2) is 5.28. The highest BCUT2D eigenvalue weighted by atomic mass is 35.5. The van der Waals surface area contributed by atoms with Crippen LogP contribution in [0, 0.1) is 0 Å². The third-order valence-electron chi connectivity index (χ3n) is 2.47. The van der Waals surface area contributed by atoms with Crippen molar-refractivity contribution in [2.24, 2.45) is 0 Å². The highest BCUT2D eigenvalue weighted by Gasteiger charge is 2.07. The van der Waals surface area contributed by atoms with Gasteiger partial charge in [-0.05, 0) is 41.0 Å². The summed E-state index contributed by atoms with van der Waals surface area (Å²) in [5, 5.41) is 10.9. The Hall–Kier alpha value is -0.730. The molecular formula is C13H9Cl3O. The Labute approximate surface area is 115 Å². The zero-order valence-electron chi connectivity index (χ0n) is 8.75. The first-order chi connectivity index (χ1) is 8.11. The smallest absolute Gasteiger partial charge is 0.0688 e. The molecule has 4 heteroatoms. The predicted octanol–water partition coefficient (Wildman–Crippen LogP) is 4.81. The summed E-state index contributed by atoms with van der Waals surface area (Å²) in [5.41, 5.74) is 2.56. The first kappa shape index (κ1) is 12.7. The minimum absolute atomic E-state index is 0.0733. The fourth-order valence-corrected chi connectivity index (χ4v) is 2.13. The minimum Gasteiger partial charge on any atom is -0.392 e. The van der Waals surface area contributed by atoms with Crippen molar-refractivity contribution in [2.45, 2.75) is 6.61 Å². The molecule has 0 heterocycles. The summed E-state index contributed by atoms with van der Waals surface area (Å²) >= 11 is 17.7. The van der Waals surface area contributed by atoms with Crippen LogP contribution in [0.25, 0.3) is 11.1 Å². The van der Waals surface area contributed by atoms with Crippen molar-refractivity contribution >= 4 is 34.8 Å². The topological polar surface area (TPSA) is 20.2 Å². The Kier molecular flexibility index (Phi) is 3.95. The zero-order valence-corrected chi connectivity index (χ0v) is 11.0. The number of hydrogen-bond donors (Lipinski definition) is 1. The van der Waals surface area contributed by atoms with E-state index in [1.165, 1.54) is 0 Å².